The molecule has 6 aromatic carbocycles. The second kappa shape index (κ2) is 14.6. The second-order valence-electron chi connectivity index (χ2n) is 18.2. The summed E-state index contributed by atoms with van der Waals surface area (Å²) in [5, 5.41) is 0. The van der Waals surface area contributed by atoms with Crippen LogP contribution in [-0.4, -0.2) is 6.88 Å². The topological polar surface area (TPSA) is 26.3 Å². The van der Waals surface area contributed by atoms with Crippen molar-refractivity contribution in [3.63, 3.8) is 0 Å². The molecule has 0 aliphatic heterocycles. The van der Waals surface area contributed by atoms with Crippen molar-refractivity contribution in [1.82, 2.24) is 0 Å². The van der Waals surface area contributed by atoms with Crippen LogP contribution in [0.15, 0.2) is 167 Å². The first-order valence-electron chi connectivity index (χ1n) is 21.2. The van der Waals surface area contributed by atoms with Crippen molar-refractivity contribution in [3.8, 4) is 44.5 Å². The fourth-order valence-corrected chi connectivity index (χ4v) is 29.0. The van der Waals surface area contributed by atoms with Gasteiger partial charge in [-0.05, 0) is 0 Å². The van der Waals surface area contributed by atoms with Gasteiger partial charge in [-0.15, -0.1) is 0 Å². The Morgan fingerprint density at radius 3 is 1.10 bits per heavy atom. The van der Waals surface area contributed by atoms with Gasteiger partial charge in [-0.1, -0.05) is 0 Å². The summed E-state index contributed by atoms with van der Waals surface area (Å²) in [5.41, 5.74) is 20.7. The summed E-state index contributed by atoms with van der Waals surface area (Å²) in [5.74, 6) is 3.83. The second-order valence-corrected chi connectivity index (χ2v) is 48.7. The molecule has 4 heteroatoms. The van der Waals surface area contributed by atoms with Gasteiger partial charge in [-0.2, -0.15) is 0 Å². The molecule has 0 N–H and O–H groups in total. The van der Waals surface area contributed by atoms with Crippen molar-refractivity contribution in [2.24, 2.45) is 0 Å². The normalized spacial score (nSPS) is 16.1. The van der Waals surface area contributed by atoms with E-state index in [1.807, 2.05) is 0 Å². The van der Waals surface area contributed by atoms with Gasteiger partial charge < -0.3 is 0 Å². The van der Waals surface area contributed by atoms with Gasteiger partial charge in [-0.25, -0.2) is 0 Å². The summed E-state index contributed by atoms with van der Waals surface area (Å²) in [6.45, 7) is 11.0. The molecule has 2 nitrogen and oxygen atoms in total. The molecule has 0 amide bonds. The molecular weight excluding hydrogens is 824 g/mol. The third kappa shape index (κ3) is 6.48. The van der Waals surface area contributed by atoms with E-state index in [0.29, 0.717) is 0 Å². The number of furan rings is 2. The first-order valence-corrected chi connectivity index (χ1v) is 34.8. The molecule has 2 atom stereocenters. The number of benzene rings is 6. The van der Waals surface area contributed by atoms with Crippen LogP contribution < -0.4 is 0 Å². The van der Waals surface area contributed by atoms with Gasteiger partial charge in [0.1, 0.15) is 0 Å². The van der Waals surface area contributed by atoms with Crippen LogP contribution in [-0.2, 0) is 17.4 Å². The van der Waals surface area contributed by atoms with Crippen LogP contribution in [0.1, 0.15) is 63.7 Å². The van der Waals surface area contributed by atoms with E-state index in [2.05, 4.69) is 214 Å². The van der Waals surface area contributed by atoms with Gasteiger partial charge in [0.15, 0.2) is 0 Å². The van der Waals surface area contributed by atoms with Crippen LogP contribution in [0.3, 0.4) is 0 Å². The average molecular weight is 874 g/mol. The monoisotopic (exact) mass is 872 g/mol. The summed E-state index contributed by atoms with van der Waals surface area (Å²) in [6, 6.07) is 57.9. The maximum atomic E-state index is 6.63. The molecule has 0 fully saturated rings. The van der Waals surface area contributed by atoms with Crippen LogP contribution in [0.2, 0.25) is 9.26 Å². The van der Waals surface area contributed by atoms with E-state index in [1.165, 1.54) is 89.0 Å². The molecule has 0 bridgehead atoms. The minimum atomic E-state index is -4.25. The Morgan fingerprint density at radius 1 is 0.400 bits per heavy atom. The molecule has 2 aromatic heterocycles. The van der Waals surface area contributed by atoms with Crippen LogP contribution in [0.5, 0.6) is 0 Å². The number of rotatable bonds is 8. The van der Waals surface area contributed by atoms with Gasteiger partial charge >= 0.3 is 359 Å². The molecule has 294 valence electrons. The molecule has 10 rings (SSSR count). The number of aryl methyl sites for hydroxylation is 4. The summed E-state index contributed by atoms with van der Waals surface area (Å²) < 4.78 is 19.0. The first kappa shape index (κ1) is 38.6. The van der Waals surface area contributed by atoms with Crippen LogP contribution in [0, 0.1) is 27.7 Å². The van der Waals surface area contributed by atoms with Gasteiger partial charge in [0.25, 0.3) is 0 Å². The standard InChI is InChI=1S/2C27H21O.2CH3.H2Si.Zr/c2*1-18-8-10-23-16-24(26-15-9-19(2)28-26)17-25(23)27(18)22-13-11-21(12-14-22)20-6-4-3-5-7-20;;;;/h2*3-17H,1-2H3;2*1H3;1H2;. The minimum absolute atomic E-state index is 0.193. The molecule has 0 spiro atoms. The van der Waals surface area contributed by atoms with Gasteiger partial charge in [0.05, 0.1) is 0 Å². The molecule has 0 radical (unpaired) electrons. The fraction of sp³-hybridized carbons (Fsp3) is 0.143. The van der Waals surface area contributed by atoms with E-state index < -0.39 is 17.4 Å². The van der Waals surface area contributed by atoms with Crippen molar-refractivity contribution in [2.75, 3.05) is 0 Å². The number of fused-ring (bicyclic) bond motifs is 2. The Balaban J connectivity index is 1.16. The molecule has 8 aromatic rings. The summed E-state index contributed by atoms with van der Waals surface area (Å²) in [6.07, 6.45) is 4.98. The number of allylic oxidation sites excluding steroid dienone is 2. The van der Waals surface area contributed by atoms with Gasteiger partial charge in [0.2, 0.25) is 0 Å². The Bertz CT molecular complexity index is 2880. The Hall–Kier alpha value is -5.54. The summed E-state index contributed by atoms with van der Waals surface area (Å²) in [7, 11) is 0. The van der Waals surface area contributed by atoms with E-state index in [0.717, 1.165) is 23.0 Å². The summed E-state index contributed by atoms with van der Waals surface area (Å²) >= 11 is -4.25. The van der Waals surface area contributed by atoms with Crippen molar-refractivity contribution < 1.29 is 26.2 Å². The summed E-state index contributed by atoms with van der Waals surface area (Å²) in [4.78, 5) is 0. The van der Waals surface area contributed by atoms with Crippen molar-refractivity contribution in [2.45, 2.75) is 44.2 Å². The maximum absolute atomic E-state index is 6.63. The molecular formula is C56H50O2SiZr. The molecule has 2 heterocycles. The number of hydrogen-bond acceptors (Lipinski definition) is 2. The van der Waals surface area contributed by atoms with Crippen molar-refractivity contribution in [3.05, 3.63) is 214 Å². The van der Waals surface area contributed by atoms with E-state index in [4.69, 9.17) is 8.83 Å². The first-order chi connectivity index (χ1) is 28.9. The molecule has 2 aliphatic rings. The predicted molar refractivity (Wildman–Crippen MR) is 252 cm³/mol. The zero-order valence-electron chi connectivity index (χ0n) is 35.3. The van der Waals surface area contributed by atoms with Crippen molar-refractivity contribution in [1.29, 1.82) is 0 Å². The zero-order valence-corrected chi connectivity index (χ0v) is 39.2. The zero-order chi connectivity index (χ0) is 41.4. The Kier molecular flexibility index (Phi) is 9.39. The van der Waals surface area contributed by atoms with E-state index in [9.17, 15) is 0 Å². The van der Waals surface area contributed by atoms with E-state index in [1.54, 1.807) is 0 Å². The van der Waals surface area contributed by atoms with Crippen LogP contribution >= 0.6 is 0 Å². The van der Waals surface area contributed by atoms with Crippen LogP contribution in [0.4, 0.5) is 0 Å². The Labute approximate surface area is 356 Å². The molecule has 2 unspecified atom stereocenters. The third-order valence-electron chi connectivity index (χ3n) is 13.3. The van der Waals surface area contributed by atoms with E-state index >= 15 is 0 Å². The Morgan fingerprint density at radius 2 is 0.750 bits per heavy atom. The molecule has 2 aliphatic carbocycles. The quantitative estimate of drug-likeness (QED) is 0.142. The van der Waals surface area contributed by atoms with Gasteiger partial charge in [-0.3, -0.25) is 0 Å². The molecule has 0 saturated carbocycles. The van der Waals surface area contributed by atoms with Gasteiger partial charge in [0, 0.05) is 0 Å². The van der Waals surface area contributed by atoms with Crippen LogP contribution in [0.25, 0.3) is 67.8 Å². The predicted octanol–water partition coefficient (Wildman–Crippen LogP) is 15.0. The SMILES string of the molecule is Cc1ccc(C2=Cc3c(ccc(C)c3-c3ccc(-c4ccccc4)cc3)[CH]2[Zr]([CH3])([CH3])(=[SiH2])[CH]2C(c3ccc(C)o3)=Cc3c2ccc(C)c3-c2ccc(-c3ccccc3)cc2)o1. The number of hydrogen-bond donors (Lipinski definition) is 0. The molecule has 60 heavy (non-hydrogen) atoms. The fourth-order valence-electron chi connectivity index (χ4n) is 10.6. The van der Waals surface area contributed by atoms with E-state index in [-0.39, 0.29) is 7.25 Å². The third-order valence-corrected chi connectivity index (χ3v) is 30.5. The average Bonchev–Trinajstić information content (AvgIpc) is 4.07. The molecule has 0 saturated heterocycles. The van der Waals surface area contributed by atoms with Crippen molar-refractivity contribution >= 4 is 30.2 Å².